The normalized spacial score (nSPS) is 33.5. The van der Waals surface area contributed by atoms with Crippen molar-refractivity contribution in [1.82, 2.24) is 4.90 Å². The summed E-state index contributed by atoms with van der Waals surface area (Å²) in [4.78, 5) is 2.21. The molecule has 66 valence electrons. The minimum atomic E-state index is -0.922. The van der Waals surface area contributed by atoms with E-state index in [1.807, 2.05) is 0 Å². The van der Waals surface area contributed by atoms with Crippen molar-refractivity contribution in [3.63, 3.8) is 0 Å². The first kappa shape index (κ1) is 8.98. The van der Waals surface area contributed by atoms with Crippen molar-refractivity contribution in [3.05, 3.63) is 0 Å². The van der Waals surface area contributed by atoms with Crippen LogP contribution in [0.5, 0.6) is 0 Å². The SMILES string of the molecule is CC(C)CN1CCC(C)(F)C1. The third kappa shape index (κ3) is 2.78. The van der Waals surface area contributed by atoms with E-state index in [0.29, 0.717) is 18.9 Å². The van der Waals surface area contributed by atoms with E-state index >= 15 is 0 Å². The van der Waals surface area contributed by atoms with Crippen LogP contribution in [0.4, 0.5) is 4.39 Å². The standard InChI is InChI=1S/C9H18FN/c1-8(2)6-11-5-4-9(3,10)7-11/h8H,4-7H2,1-3H3. The summed E-state index contributed by atoms with van der Waals surface area (Å²) in [5.41, 5.74) is -0.922. The highest BCUT2D eigenvalue weighted by molar-refractivity contribution is 4.86. The fraction of sp³-hybridized carbons (Fsp3) is 1.00. The molecule has 1 fully saturated rings. The molecule has 1 rings (SSSR count). The Morgan fingerprint density at radius 2 is 2.18 bits per heavy atom. The highest BCUT2D eigenvalue weighted by Gasteiger charge is 2.33. The number of nitrogens with zero attached hydrogens (tertiary/aromatic N) is 1. The van der Waals surface area contributed by atoms with E-state index in [-0.39, 0.29) is 0 Å². The first-order valence-corrected chi connectivity index (χ1v) is 4.41. The fourth-order valence-corrected chi connectivity index (χ4v) is 1.69. The van der Waals surface area contributed by atoms with Crippen LogP contribution in [0.2, 0.25) is 0 Å². The second-order valence-electron chi connectivity index (χ2n) is 4.29. The van der Waals surface area contributed by atoms with Crippen LogP contribution in [0.25, 0.3) is 0 Å². The summed E-state index contributed by atoms with van der Waals surface area (Å²) in [6, 6.07) is 0. The van der Waals surface area contributed by atoms with Crippen molar-refractivity contribution >= 4 is 0 Å². The number of rotatable bonds is 2. The summed E-state index contributed by atoms with van der Waals surface area (Å²) < 4.78 is 13.3. The summed E-state index contributed by atoms with van der Waals surface area (Å²) in [7, 11) is 0. The fourth-order valence-electron chi connectivity index (χ4n) is 1.69. The summed E-state index contributed by atoms with van der Waals surface area (Å²) in [5.74, 6) is 0.656. The third-order valence-electron chi connectivity index (χ3n) is 2.13. The van der Waals surface area contributed by atoms with Gasteiger partial charge in [-0.1, -0.05) is 13.8 Å². The van der Waals surface area contributed by atoms with Gasteiger partial charge < -0.3 is 0 Å². The molecule has 0 bridgehead atoms. The average Bonchev–Trinajstić information content (AvgIpc) is 2.08. The highest BCUT2D eigenvalue weighted by Crippen LogP contribution is 2.24. The Hall–Kier alpha value is -0.110. The zero-order valence-electron chi connectivity index (χ0n) is 7.73. The maximum Gasteiger partial charge on any atom is 0.122 e. The predicted octanol–water partition coefficient (Wildman–Crippen LogP) is 2.08. The molecule has 0 N–H and O–H groups in total. The average molecular weight is 159 g/mol. The number of alkyl halides is 1. The van der Waals surface area contributed by atoms with E-state index < -0.39 is 5.67 Å². The van der Waals surface area contributed by atoms with E-state index in [2.05, 4.69) is 18.7 Å². The Morgan fingerprint density at radius 3 is 2.55 bits per heavy atom. The molecule has 1 aliphatic rings. The van der Waals surface area contributed by atoms with Gasteiger partial charge in [0, 0.05) is 19.6 Å². The predicted molar refractivity (Wildman–Crippen MR) is 45.4 cm³/mol. The second kappa shape index (κ2) is 3.10. The van der Waals surface area contributed by atoms with Gasteiger partial charge in [0.1, 0.15) is 5.67 Å². The van der Waals surface area contributed by atoms with E-state index in [1.54, 1.807) is 6.92 Å². The highest BCUT2D eigenvalue weighted by atomic mass is 19.1. The van der Waals surface area contributed by atoms with Crippen molar-refractivity contribution in [2.24, 2.45) is 5.92 Å². The first-order valence-electron chi connectivity index (χ1n) is 4.41. The summed E-state index contributed by atoms with van der Waals surface area (Å²) in [6.07, 6.45) is 0.708. The van der Waals surface area contributed by atoms with Crippen LogP contribution in [-0.4, -0.2) is 30.2 Å². The lowest BCUT2D eigenvalue weighted by molar-refractivity contribution is 0.182. The van der Waals surface area contributed by atoms with E-state index in [4.69, 9.17) is 0 Å². The third-order valence-corrected chi connectivity index (χ3v) is 2.13. The van der Waals surface area contributed by atoms with Crippen molar-refractivity contribution < 1.29 is 4.39 Å². The molecule has 0 amide bonds. The van der Waals surface area contributed by atoms with Gasteiger partial charge in [0.2, 0.25) is 0 Å². The summed E-state index contributed by atoms with van der Waals surface area (Å²) >= 11 is 0. The van der Waals surface area contributed by atoms with Crippen LogP contribution in [0, 0.1) is 5.92 Å². The molecule has 2 heteroatoms. The van der Waals surface area contributed by atoms with Crippen LogP contribution in [0.15, 0.2) is 0 Å². The smallest absolute Gasteiger partial charge is 0.122 e. The van der Waals surface area contributed by atoms with E-state index in [9.17, 15) is 4.39 Å². The van der Waals surface area contributed by atoms with Gasteiger partial charge in [0.05, 0.1) is 0 Å². The lowest BCUT2D eigenvalue weighted by Gasteiger charge is -2.18. The van der Waals surface area contributed by atoms with E-state index in [1.165, 1.54) is 0 Å². The molecule has 0 aromatic carbocycles. The minimum absolute atomic E-state index is 0.630. The van der Waals surface area contributed by atoms with Crippen LogP contribution in [0.1, 0.15) is 27.2 Å². The zero-order valence-corrected chi connectivity index (χ0v) is 7.73. The number of hydrogen-bond acceptors (Lipinski definition) is 1. The van der Waals surface area contributed by atoms with Gasteiger partial charge in [-0.05, 0) is 19.3 Å². The van der Waals surface area contributed by atoms with Crippen molar-refractivity contribution in [3.8, 4) is 0 Å². The van der Waals surface area contributed by atoms with Crippen LogP contribution in [-0.2, 0) is 0 Å². The van der Waals surface area contributed by atoms with Crippen molar-refractivity contribution in [1.29, 1.82) is 0 Å². The molecule has 1 aliphatic heterocycles. The molecule has 0 aliphatic carbocycles. The second-order valence-corrected chi connectivity index (χ2v) is 4.29. The Bertz CT molecular complexity index is 132. The van der Waals surface area contributed by atoms with Gasteiger partial charge in [-0.3, -0.25) is 4.90 Å². The van der Waals surface area contributed by atoms with Gasteiger partial charge in [-0.15, -0.1) is 0 Å². The molecule has 1 atom stereocenters. The maximum atomic E-state index is 13.3. The molecule has 0 aromatic heterocycles. The largest absolute Gasteiger partial charge is 0.300 e. The Balaban J connectivity index is 2.31. The zero-order chi connectivity index (χ0) is 8.48. The molecular formula is C9H18FN. The van der Waals surface area contributed by atoms with Crippen molar-refractivity contribution in [2.75, 3.05) is 19.6 Å². The lowest BCUT2D eigenvalue weighted by atomic mass is 10.1. The monoisotopic (exact) mass is 159 g/mol. The molecule has 0 aromatic rings. The Morgan fingerprint density at radius 1 is 1.55 bits per heavy atom. The van der Waals surface area contributed by atoms with Crippen LogP contribution in [0.3, 0.4) is 0 Å². The number of likely N-dealkylation sites (tertiary alicyclic amines) is 1. The molecule has 11 heavy (non-hydrogen) atoms. The lowest BCUT2D eigenvalue weighted by Crippen LogP contribution is -2.29. The van der Waals surface area contributed by atoms with Crippen LogP contribution >= 0.6 is 0 Å². The van der Waals surface area contributed by atoms with Gasteiger partial charge >= 0.3 is 0 Å². The molecule has 1 saturated heterocycles. The minimum Gasteiger partial charge on any atom is -0.300 e. The van der Waals surface area contributed by atoms with Crippen LogP contribution < -0.4 is 0 Å². The topological polar surface area (TPSA) is 3.24 Å². The quantitative estimate of drug-likeness (QED) is 0.596. The molecule has 0 spiro atoms. The van der Waals surface area contributed by atoms with Gasteiger partial charge in [0.15, 0.2) is 0 Å². The van der Waals surface area contributed by atoms with Gasteiger partial charge in [-0.25, -0.2) is 4.39 Å². The number of halogens is 1. The first-order chi connectivity index (χ1) is 4.99. The molecule has 0 saturated carbocycles. The molecule has 0 radical (unpaired) electrons. The van der Waals surface area contributed by atoms with Gasteiger partial charge in [-0.2, -0.15) is 0 Å². The van der Waals surface area contributed by atoms with E-state index in [0.717, 1.165) is 13.1 Å². The van der Waals surface area contributed by atoms with Crippen molar-refractivity contribution in [2.45, 2.75) is 32.9 Å². The Labute approximate surface area is 68.6 Å². The number of hydrogen-bond donors (Lipinski definition) is 0. The molecule has 1 unspecified atom stereocenters. The van der Waals surface area contributed by atoms with Gasteiger partial charge in [0.25, 0.3) is 0 Å². The summed E-state index contributed by atoms with van der Waals surface area (Å²) in [6.45, 7) is 8.66. The molecular weight excluding hydrogens is 141 g/mol. The Kier molecular flexibility index (Phi) is 2.53. The molecule has 1 nitrogen and oxygen atoms in total. The maximum absolute atomic E-state index is 13.3. The molecule has 1 heterocycles. The summed E-state index contributed by atoms with van der Waals surface area (Å²) in [5, 5.41) is 0.